The van der Waals surface area contributed by atoms with Gasteiger partial charge in [-0.05, 0) is 77.0 Å². The molecule has 0 bridgehead atoms. The van der Waals surface area contributed by atoms with Gasteiger partial charge in [-0.15, -0.1) is 0 Å². The molecule has 0 fully saturated rings. The van der Waals surface area contributed by atoms with E-state index < -0.39 is 6.10 Å². The fraction of sp³-hybridized carbons (Fsp3) is 0.878. The lowest BCUT2D eigenvalue weighted by Gasteiger charge is -2.18. The molecule has 0 heterocycles. The van der Waals surface area contributed by atoms with Gasteiger partial charge in [-0.1, -0.05) is 340 Å². The first-order valence-corrected chi connectivity index (χ1v) is 36.0. The molecule has 0 aliphatic carbocycles. The molecule has 470 valence electrons. The number of allylic oxidation sites excluding steroid dienone is 6. The summed E-state index contributed by atoms with van der Waals surface area (Å²) in [6, 6.07) is 0. The van der Waals surface area contributed by atoms with Crippen molar-refractivity contribution in [3.05, 3.63) is 36.5 Å². The molecule has 0 aromatic heterocycles. The second-order valence-corrected chi connectivity index (χ2v) is 24.5. The summed E-state index contributed by atoms with van der Waals surface area (Å²) in [7, 11) is 0. The standard InChI is InChI=1S/C74H138O6/c1-4-7-10-13-16-19-22-24-26-28-30-32-33-34-35-36-37-38-39-40-41-43-44-46-48-50-52-55-58-61-64-67-73(76)79-70-71(69-78-72(75)66-63-60-57-54-21-18-15-12-9-6-3)80-74(77)68-65-62-59-56-53-51-49-47-45-42-31-29-27-25-23-20-17-14-11-8-5-2/h22,24,28-31,71H,4-21,23,25-27,32-70H2,1-3H3/b24-22-,30-28-,31-29-. The van der Waals surface area contributed by atoms with E-state index in [0.29, 0.717) is 19.3 Å². The van der Waals surface area contributed by atoms with Crippen LogP contribution in [0, 0.1) is 0 Å². The molecule has 0 radical (unpaired) electrons. The fourth-order valence-corrected chi connectivity index (χ4v) is 10.9. The van der Waals surface area contributed by atoms with Crippen LogP contribution in [0.1, 0.15) is 400 Å². The number of hydrogen-bond donors (Lipinski definition) is 0. The highest BCUT2D eigenvalue weighted by molar-refractivity contribution is 5.71. The summed E-state index contributed by atoms with van der Waals surface area (Å²) in [4.78, 5) is 38.3. The molecule has 0 N–H and O–H groups in total. The average molecular weight is 1120 g/mol. The first-order chi connectivity index (χ1) is 39.5. The number of carbonyl (C=O) groups excluding carboxylic acids is 3. The molecule has 0 aliphatic heterocycles. The summed E-state index contributed by atoms with van der Waals surface area (Å²) in [6.45, 7) is 6.68. The minimum Gasteiger partial charge on any atom is -0.462 e. The van der Waals surface area contributed by atoms with Crippen LogP contribution in [0.4, 0.5) is 0 Å². The third-order valence-corrected chi connectivity index (χ3v) is 16.4. The largest absolute Gasteiger partial charge is 0.462 e. The van der Waals surface area contributed by atoms with Gasteiger partial charge in [0.15, 0.2) is 6.10 Å². The summed E-state index contributed by atoms with van der Waals surface area (Å²) in [5, 5.41) is 0. The van der Waals surface area contributed by atoms with E-state index in [-0.39, 0.29) is 31.1 Å². The van der Waals surface area contributed by atoms with Crippen molar-refractivity contribution in [2.45, 2.75) is 406 Å². The maximum absolute atomic E-state index is 12.9. The topological polar surface area (TPSA) is 78.9 Å². The Hall–Kier alpha value is -2.37. The van der Waals surface area contributed by atoms with Crippen molar-refractivity contribution >= 4 is 17.9 Å². The summed E-state index contributed by atoms with van der Waals surface area (Å²) in [5.74, 6) is -0.842. The number of carbonyl (C=O) groups is 3. The van der Waals surface area contributed by atoms with Crippen LogP contribution in [0.25, 0.3) is 0 Å². The molecule has 80 heavy (non-hydrogen) atoms. The lowest BCUT2D eigenvalue weighted by atomic mass is 10.0. The van der Waals surface area contributed by atoms with Crippen LogP contribution in [-0.4, -0.2) is 37.2 Å². The zero-order valence-corrected chi connectivity index (χ0v) is 54.1. The van der Waals surface area contributed by atoms with E-state index >= 15 is 0 Å². The normalized spacial score (nSPS) is 12.2. The predicted octanol–water partition coefficient (Wildman–Crippen LogP) is 24.7. The van der Waals surface area contributed by atoms with Crippen molar-refractivity contribution < 1.29 is 28.6 Å². The van der Waals surface area contributed by atoms with Gasteiger partial charge in [-0.2, -0.15) is 0 Å². The Labute approximate surface area is 499 Å². The van der Waals surface area contributed by atoms with Gasteiger partial charge in [0.05, 0.1) is 0 Å². The van der Waals surface area contributed by atoms with E-state index in [0.717, 1.165) is 64.2 Å². The second kappa shape index (κ2) is 69.1. The number of rotatable bonds is 67. The smallest absolute Gasteiger partial charge is 0.306 e. The zero-order valence-electron chi connectivity index (χ0n) is 54.1. The van der Waals surface area contributed by atoms with E-state index in [4.69, 9.17) is 14.2 Å². The van der Waals surface area contributed by atoms with Gasteiger partial charge in [0.1, 0.15) is 13.2 Å². The zero-order chi connectivity index (χ0) is 57.8. The second-order valence-electron chi connectivity index (χ2n) is 24.5. The molecule has 1 unspecified atom stereocenters. The highest BCUT2D eigenvalue weighted by Crippen LogP contribution is 2.18. The fourth-order valence-electron chi connectivity index (χ4n) is 10.9. The molecule has 0 rings (SSSR count). The summed E-state index contributed by atoms with van der Waals surface area (Å²) < 4.78 is 17.0. The monoisotopic (exact) mass is 1120 g/mol. The molecule has 0 saturated carbocycles. The molecule has 0 aliphatic rings. The Morgan fingerprint density at radius 2 is 0.450 bits per heavy atom. The number of unbranched alkanes of at least 4 members (excludes halogenated alkanes) is 50. The molecular weight excluding hydrogens is 985 g/mol. The molecule has 0 saturated heterocycles. The van der Waals surface area contributed by atoms with Crippen molar-refractivity contribution in [2.24, 2.45) is 0 Å². The van der Waals surface area contributed by atoms with Crippen LogP contribution < -0.4 is 0 Å². The Balaban J connectivity index is 4.10. The van der Waals surface area contributed by atoms with E-state index in [2.05, 4.69) is 57.2 Å². The average Bonchev–Trinajstić information content (AvgIpc) is 3.46. The summed E-state index contributed by atoms with van der Waals surface area (Å²) in [5.41, 5.74) is 0. The maximum atomic E-state index is 12.9. The van der Waals surface area contributed by atoms with Crippen LogP contribution >= 0.6 is 0 Å². The Morgan fingerprint density at radius 3 is 0.700 bits per heavy atom. The van der Waals surface area contributed by atoms with Gasteiger partial charge in [0.2, 0.25) is 0 Å². The van der Waals surface area contributed by atoms with E-state index in [1.807, 2.05) is 0 Å². The first-order valence-electron chi connectivity index (χ1n) is 36.0. The van der Waals surface area contributed by atoms with Gasteiger partial charge in [0.25, 0.3) is 0 Å². The number of ether oxygens (including phenoxy) is 3. The van der Waals surface area contributed by atoms with Crippen molar-refractivity contribution in [2.75, 3.05) is 13.2 Å². The highest BCUT2D eigenvalue weighted by atomic mass is 16.6. The Kier molecular flexibility index (Phi) is 67.1. The van der Waals surface area contributed by atoms with Crippen molar-refractivity contribution in [3.8, 4) is 0 Å². The lowest BCUT2D eigenvalue weighted by molar-refractivity contribution is -0.167. The highest BCUT2D eigenvalue weighted by Gasteiger charge is 2.19. The SMILES string of the molecule is CCCCCCC/C=C\C/C=C\CCCCCCCCCCCCCCCCCCCCCC(=O)OCC(COC(=O)CCCCCCCCCCCC)OC(=O)CCCCCCCCCCC/C=C\CCCCCCCCCC. The van der Waals surface area contributed by atoms with Gasteiger partial charge in [-0.3, -0.25) is 14.4 Å². The molecule has 0 spiro atoms. The maximum Gasteiger partial charge on any atom is 0.306 e. The molecule has 6 heteroatoms. The molecule has 0 aromatic rings. The van der Waals surface area contributed by atoms with Gasteiger partial charge in [-0.25, -0.2) is 0 Å². The van der Waals surface area contributed by atoms with Crippen LogP contribution in [0.3, 0.4) is 0 Å². The van der Waals surface area contributed by atoms with E-state index in [9.17, 15) is 14.4 Å². The molecule has 0 amide bonds. The molecule has 6 nitrogen and oxygen atoms in total. The molecule has 0 aromatic carbocycles. The Bertz CT molecular complexity index is 1340. The predicted molar refractivity (Wildman–Crippen MR) is 349 cm³/mol. The minimum atomic E-state index is -0.769. The van der Waals surface area contributed by atoms with Crippen molar-refractivity contribution in [3.63, 3.8) is 0 Å². The molecule has 1 atom stereocenters. The van der Waals surface area contributed by atoms with E-state index in [1.165, 1.54) is 295 Å². The summed E-state index contributed by atoms with van der Waals surface area (Å²) in [6.07, 6.45) is 86.2. The third-order valence-electron chi connectivity index (χ3n) is 16.4. The van der Waals surface area contributed by atoms with Crippen LogP contribution in [0.15, 0.2) is 36.5 Å². The van der Waals surface area contributed by atoms with Gasteiger partial charge >= 0.3 is 17.9 Å². The minimum absolute atomic E-state index is 0.0669. The molecular formula is C74H138O6. The number of esters is 3. The quantitative estimate of drug-likeness (QED) is 0.0261. The van der Waals surface area contributed by atoms with Crippen molar-refractivity contribution in [1.29, 1.82) is 0 Å². The third kappa shape index (κ3) is 66.4. The first kappa shape index (κ1) is 77.6. The van der Waals surface area contributed by atoms with Gasteiger partial charge in [0, 0.05) is 19.3 Å². The number of hydrogen-bond acceptors (Lipinski definition) is 6. The van der Waals surface area contributed by atoms with Gasteiger partial charge < -0.3 is 14.2 Å². The summed E-state index contributed by atoms with van der Waals surface area (Å²) >= 11 is 0. The van der Waals surface area contributed by atoms with Crippen LogP contribution in [0.2, 0.25) is 0 Å². The van der Waals surface area contributed by atoms with Crippen molar-refractivity contribution in [1.82, 2.24) is 0 Å². The van der Waals surface area contributed by atoms with Crippen LogP contribution in [0.5, 0.6) is 0 Å². The lowest BCUT2D eigenvalue weighted by Crippen LogP contribution is -2.30. The Morgan fingerprint density at radius 1 is 0.250 bits per heavy atom. The van der Waals surface area contributed by atoms with Crippen LogP contribution in [-0.2, 0) is 28.6 Å². The van der Waals surface area contributed by atoms with E-state index in [1.54, 1.807) is 0 Å².